The number of thioether (sulfide) groups is 1. The minimum absolute atomic E-state index is 0.0682. The largest absolute Gasteiger partial charge is 0.481 e. The van der Waals surface area contributed by atoms with E-state index in [1.165, 1.54) is 17.2 Å². The second-order valence-corrected chi connectivity index (χ2v) is 8.50. The van der Waals surface area contributed by atoms with Gasteiger partial charge in [0.2, 0.25) is 5.91 Å². The van der Waals surface area contributed by atoms with Gasteiger partial charge in [0.15, 0.2) is 10.8 Å². The summed E-state index contributed by atoms with van der Waals surface area (Å²) < 4.78 is 4.88. The number of esters is 1. The number of nitrogen functional groups attached to an aromatic ring is 1. The number of hydrogen-bond donors (Lipinski definition) is 4. The van der Waals surface area contributed by atoms with Crippen molar-refractivity contribution < 1.29 is 34.2 Å². The number of ether oxygens (including phenoxy) is 1. The molecule has 5 N–H and O–H groups in total. The van der Waals surface area contributed by atoms with Crippen LogP contribution in [0.4, 0.5) is 5.13 Å². The Bertz CT molecular complexity index is 903. The highest BCUT2D eigenvalue weighted by atomic mass is 32.2. The molecular formula is C15H17N5O7S2. The Kier molecular flexibility index (Phi) is 5.66. The Labute approximate surface area is 172 Å². The number of carboxylic acid groups (broad SMARTS) is 1. The number of nitrogens with two attached hydrogens (primary N) is 1. The van der Waals surface area contributed by atoms with Crippen molar-refractivity contribution in [2.45, 2.75) is 18.3 Å². The van der Waals surface area contributed by atoms with Crippen molar-refractivity contribution in [2.24, 2.45) is 10.6 Å². The number of carbonyl (C=O) groups excluding carboxylic acids is 3. The lowest BCUT2D eigenvalue weighted by atomic mass is 9.88. The van der Waals surface area contributed by atoms with Gasteiger partial charge in [-0.05, 0) is 0 Å². The lowest BCUT2D eigenvalue weighted by molar-refractivity contribution is -0.164. The molecule has 2 aliphatic heterocycles. The maximum absolute atomic E-state index is 12.5. The van der Waals surface area contributed by atoms with Gasteiger partial charge in [-0.2, -0.15) is 0 Å². The van der Waals surface area contributed by atoms with E-state index in [1.54, 1.807) is 0 Å². The third-order valence-electron chi connectivity index (χ3n) is 4.52. The number of β-lactam (4-membered cyclic amide) rings is 1. The predicted octanol–water partition coefficient (Wildman–Crippen LogP) is -1.06. The minimum Gasteiger partial charge on any atom is -0.481 e. The number of aliphatic carboxylic acids is 1. The van der Waals surface area contributed by atoms with Gasteiger partial charge in [0.1, 0.15) is 29.1 Å². The van der Waals surface area contributed by atoms with Crippen molar-refractivity contribution in [1.29, 1.82) is 0 Å². The van der Waals surface area contributed by atoms with E-state index < -0.39 is 40.6 Å². The first-order chi connectivity index (χ1) is 13.7. The topological polar surface area (TPSA) is 185 Å². The first-order valence-electron chi connectivity index (χ1n) is 8.21. The van der Waals surface area contributed by atoms with E-state index in [2.05, 4.69) is 15.5 Å². The van der Waals surface area contributed by atoms with E-state index >= 15 is 0 Å². The predicted molar refractivity (Wildman–Crippen MR) is 101 cm³/mol. The number of thiazole rings is 1. The van der Waals surface area contributed by atoms with Crippen LogP contribution in [0.2, 0.25) is 0 Å². The van der Waals surface area contributed by atoms with E-state index in [1.807, 2.05) is 0 Å². The fraction of sp³-hybridized carbons (Fsp3) is 0.467. The molecule has 0 bridgehead atoms. The standard InChI is InChI=1S/C15H17N5O7S2/c1-6(21)27-4-15(13(24)25)3-20-11(23)9(12(20)29-5-15)18-10(22)8(19-26)7-2-28-14(16)17-7/h2,9,12,26H,3-5H2,1H3,(H2,16,17)(H,18,22)(H,24,25)/t9?,12-,15?/m1/s1. The van der Waals surface area contributed by atoms with Crippen LogP contribution in [0.3, 0.4) is 0 Å². The first kappa shape index (κ1) is 20.9. The van der Waals surface area contributed by atoms with Gasteiger partial charge in [-0.25, -0.2) is 4.98 Å². The fourth-order valence-corrected chi connectivity index (χ4v) is 5.04. The van der Waals surface area contributed by atoms with Crippen LogP contribution in [0.5, 0.6) is 0 Å². The number of aromatic nitrogens is 1. The zero-order valence-corrected chi connectivity index (χ0v) is 16.7. The van der Waals surface area contributed by atoms with Gasteiger partial charge in [-0.1, -0.05) is 5.16 Å². The molecule has 1 aromatic rings. The van der Waals surface area contributed by atoms with Crippen LogP contribution in [0.1, 0.15) is 12.6 Å². The number of amides is 2. The quantitative estimate of drug-likeness (QED) is 0.139. The van der Waals surface area contributed by atoms with Crippen molar-refractivity contribution in [3.05, 3.63) is 11.1 Å². The molecule has 0 radical (unpaired) electrons. The number of rotatable bonds is 6. The number of anilines is 1. The average Bonchev–Trinajstić information content (AvgIpc) is 3.10. The summed E-state index contributed by atoms with van der Waals surface area (Å²) in [5, 5.41) is 25.3. The summed E-state index contributed by atoms with van der Waals surface area (Å²) in [6, 6.07) is -0.916. The monoisotopic (exact) mass is 443 g/mol. The molecule has 3 heterocycles. The van der Waals surface area contributed by atoms with E-state index in [4.69, 9.17) is 15.7 Å². The highest BCUT2D eigenvalue weighted by Gasteiger charge is 2.58. The lowest BCUT2D eigenvalue weighted by Crippen LogP contribution is -2.74. The molecule has 29 heavy (non-hydrogen) atoms. The third kappa shape index (κ3) is 3.85. The van der Waals surface area contributed by atoms with Gasteiger partial charge >= 0.3 is 11.9 Å². The normalized spacial score (nSPS) is 26.3. The van der Waals surface area contributed by atoms with Gasteiger partial charge in [-0.3, -0.25) is 19.2 Å². The molecule has 2 aliphatic rings. The first-order valence-corrected chi connectivity index (χ1v) is 10.1. The summed E-state index contributed by atoms with van der Waals surface area (Å²) in [5.74, 6) is -3.01. The van der Waals surface area contributed by atoms with Crippen molar-refractivity contribution in [1.82, 2.24) is 15.2 Å². The van der Waals surface area contributed by atoms with Gasteiger partial charge in [-0.15, -0.1) is 23.1 Å². The van der Waals surface area contributed by atoms with E-state index in [0.29, 0.717) is 0 Å². The van der Waals surface area contributed by atoms with Crippen LogP contribution >= 0.6 is 23.1 Å². The Balaban J connectivity index is 1.67. The highest BCUT2D eigenvalue weighted by molar-refractivity contribution is 8.00. The van der Waals surface area contributed by atoms with Crippen molar-refractivity contribution >= 4 is 57.7 Å². The number of nitrogens with zero attached hydrogens (tertiary/aromatic N) is 3. The molecule has 0 aromatic carbocycles. The Hall–Kier alpha value is -2.87. The van der Waals surface area contributed by atoms with E-state index in [0.717, 1.165) is 23.1 Å². The van der Waals surface area contributed by atoms with Gasteiger partial charge < -0.3 is 31.0 Å². The van der Waals surface area contributed by atoms with Crippen LogP contribution in [-0.2, 0) is 23.9 Å². The van der Waals surface area contributed by atoms with E-state index in [9.17, 15) is 24.3 Å². The van der Waals surface area contributed by atoms with Crippen molar-refractivity contribution in [3.63, 3.8) is 0 Å². The van der Waals surface area contributed by atoms with Gasteiger partial charge in [0.05, 0.1) is 0 Å². The molecule has 2 fully saturated rings. The van der Waals surface area contributed by atoms with Crippen LogP contribution in [0.15, 0.2) is 10.5 Å². The smallest absolute Gasteiger partial charge is 0.315 e. The molecule has 3 rings (SSSR count). The number of oxime groups is 1. The second-order valence-electron chi connectivity index (χ2n) is 6.50. The molecule has 3 atom stereocenters. The maximum atomic E-state index is 12.5. The maximum Gasteiger partial charge on any atom is 0.315 e. The van der Waals surface area contributed by atoms with E-state index in [-0.39, 0.29) is 35.4 Å². The number of fused-ring (bicyclic) bond motifs is 1. The molecule has 0 spiro atoms. The summed E-state index contributed by atoms with van der Waals surface area (Å²) in [5.41, 5.74) is 3.76. The molecule has 12 nitrogen and oxygen atoms in total. The lowest BCUT2D eigenvalue weighted by Gasteiger charge is -2.53. The molecule has 2 amide bonds. The van der Waals surface area contributed by atoms with Crippen LogP contribution in [0, 0.1) is 5.41 Å². The van der Waals surface area contributed by atoms with Gasteiger partial charge in [0.25, 0.3) is 5.91 Å². The highest BCUT2D eigenvalue weighted by Crippen LogP contribution is 2.42. The summed E-state index contributed by atoms with van der Waals surface area (Å²) >= 11 is 2.21. The molecule has 156 valence electrons. The Morgan fingerprint density at radius 3 is 2.79 bits per heavy atom. The molecule has 2 saturated heterocycles. The number of carbonyl (C=O) groups is 4. The molecule has 0 saturated carbocycles. The van der Waals surface area contributed by atoms with Crippen LogP contribution in [-0.4, -0.2) is 80.0 Å². The third-order valence-corrected chi connectivity index (χ3v) is 6.78. The van der Waals surface area contributed by atoms with Crippen LogP contribution < -0.4 is 11.1 Å². The summed E-state index contributed by atoms with van der Waals surface area (Å²) in [4.78, 5) is 52.9. The number of hydrogen-bond acceptors (Lipinski definition) is 11. The summed E-state index contributed by atoms with van der Waals surface area (Å²) in [6.07, 6.45) is 0. The number of nitrogens with one attached hydrogen (secondary N) is 1. The van der Waals surface area contributed by atoms with Crippen LogP contribution in [0.25, 0.3) is 0 Å². The Morgan fingerprint density at radius 1 is 1.52 bits per heavy atom. The molecule has 0 aliphatic carbocycles. The van der Waals surface area contributed by atoms with Gasteiger partial charge in [0, 0.05) is 24.6 Å². The summed E-state index contributed by atoms with van der Waals surface area (Å²) in [6.45, 7) is 0.664. The zero-order chi connectivity index (χ0) is 21.3. The average molecular weight is 443 g/mol. The van der Waals surface area contributed by atoms with Crippen molar-refractivity contribution in [2.75, 3.05) is 24.6 Å². The Morgan fingerprint density at radius 2 is 2.24 bits per heavy atom. The fourth-order valence-electron chi connectivity index (χ4n) is 2.96. The summed E-state index contributed by atoms with van der Waals surface area (Å²) in [7, 11) is 0. The molecular weight excluding hydrogens is 426 g/mol. The molecule has 14 heteroatoms. The number of carboxylic acids is 1. The molecule has 1 aromatic heterocycles. The second kappa shape index (κ2) is 7.87. The minimum atomic E-state index is -1.42. The SMILES string of the molecule is CC(=O)OCC1(C(=O)O)CS[C@@H]2C(NC(=O)C(=NO)c3csc(N)n3)C(=O)N2C1. The zero-order valence-electron chi connectivity index (χ0n) is 15.0. The molecule has 2 unspecified atom stereocenters. The van der Waals surface area contributed by atoms with Crippen molar-refractivity contribution in [3.8, 4) is 0 Å².